The van der Waals surface area contributed by atoms with Gasteiger partial charge in [0, 0.05) is 55.4 Å². The number of rotatable bonds is 7. The highest BCUT2D eigenvalue weighted by Crippen LogP contribution is 2.31. The molecular weight excluding hydrogens is 390 g/mol. The summed E-state index contributed by atoms with van der Waals surface area (Å²) in [6.07, 6.45) is 1.66. The van der Waals surface area contributed by atoms with Crippen LogP contribution >= 0.6 is 0 Å². The quantitative estimate of drug-likeness (QED) is 0.590. The Labute approximate surface area is 172 Å². The first-order chi connectivity index (χ1) is 14.4. The number of para-hydroxylation sites is 1. The summed E-state index contributed by atoms with van der Waals surface area (Å²) in [5, 5.41) is 27.7. The van der Waals surface area contributed by atoms with Gasteiger partial charge >= 0.3 is 11.9 Å². The molecule has 1 aromatic carbocycles. The van der Waals surface area contributed by atoms with Gasteiger partial charge < -0.3 is 14.8 Å². The highest BCUT2D eigenvalue weighted by atomic mass is 16.6. The van der Waals surface area contributed by atoms with E-state index in [0.29, 0.717) is 43.8 Å². The lowest BCUT2D eigenvalue weighted by molar-refractivity contribution is -0.144. The molecule has 1 aliphatic heterocycles. The smallest absolute Gasteiger partial charge is 0.325 e. The van der Waals surface area contributed by atoms with E-state index >= 15 is 0 Å². The van der Waals surface area contributed by atoms with Crippen molar-refractivity contribution < 1.29 is 24.4 Å². The molecule has 30 heavy (non-hydrogen) atoms. The van der Waals surface area contributed by atoms with Crippen molar-refractivity contribution in [3.63, 3.8) is 0 Å². The molecule has 4 rings (SSSR count). The zero-order valence-corrected chi connectivity index (χ0v) is 16.6. The molecule has 2 aromatic heterocycles. The van der Waals surface area contributed by atoms with Crippen molar-refractivity contribution in [1.82, 2.24) is 24.7 Å². The molecule has 2 N–H and O–H groups in total. The minimum absolute atomic E-state index is 0.217. The Bertz CT molecular complexity index is 1070. The molecule has 3 aromatic rings. The highest BCUT2D eigenvalue weighted by Gasteiger charge is 2.33. The van der Waals surface area contributed by atoms with E-state index in [-0.39, 0.29) is 6.54 Å². The number of carbonyl (C=O) groups is 2. The monoisotopic (exact) mass is 413 g/mol. The number of carboxylic acids is 2. The third-order valence-corrected chi connectivity index (χ3v) is 5.55. The lowest BCUT2D eigenvalue weighted by Crippen LogP contribution is -2.48. The molecule has 3 heterocycles. The van der Waals surface area contributed by atoms with E-state index in [4.69, 9.17) is 4.63 Å². The molecule has 10 nitrogen and oxygen atoms in total. The molecule has 0 bridgehead atoms. The Kier molecular flexibility index (Phi) is 5.51. The Morgan fingerprint density at radius 1 is 1.13 bits per heavy atom. The van der Waals surface area contributed by atoms with Gasteiger partial charge in [-0.3, -0.25) is 19.4 Å². The van der Waals surface area contributed by atoms with Crippen LogP contribution in [0.4, 0.5) is 0 Å². The number of nitrogens with zero attached hydrogens (tertiary/aromatic N) is 5. The SMILES string of the molecule is Cc1nonc1CN1CCN([C@H](C(=O)O)c2cn(CC(=O)O)c3ccccc23)CC1. The lowest BCUT2D eigenvalue weighted by atomic mass is 10.0. The summed E-state index contributed by atoms with van der Waals surface area (Å²) in [6, 6.07) is 6.46. The van der Waals surface area contributed by atoms with Crippen LogP contribution in [0.2, 0.25) is 0 Å². The summed E-state index contributed by atoms with van der Waals surface area (Å²) in [4.78, 5) is 27.6. The molecular formula is C20H23N5O5. The normalized spacial score (nSPS) is 16.7. The fraction of sp³-hybridized carbons (Fsp3) is 0.400. The average molecular weight is 413 g/mol. The predicted molar refractivity (Wildman–Crippen MR) is 106 cm³/mol. The molecule has 0 amide bonds. The second-order valence-corrected chi connectivity index (χ2v) is 7.47. The van der Waals surface area contributed by atoms with Gasteiger partial charge in [-0.05, 0) is 13.0 Å². The summed E-state index contributed by atoms with van der Waals surface area (Å²) in [7, 11) is 0. The van der Waals surface area contributed by atoms with E-state index in [1.165, 1.54) is 0 Å². The highest BCUT2D eigenvalue weighted by molar-refractivity contribution is 5.90. The molecule has 1 aliphatic rings. The second-order valence-electron chi connectivity index (χ2n) is 7.47. The van der Waals surface area contributed by atoms with E-state index < -0.39 is 18.0 Å². The Morgan fingerprint density at radius 2 is 1.87 bits per heavy atom. The fourth-order valence-corrected chi connectivity index (χ4v) is 4.04. The molecule has 158 valence electrons. The van der Waals surface area contributed by atoms with E-state index in [1.807, 2.05) is 36.1 Å². The first-order valence-electron chi connectivity index (χ1n) is 9.71. The number of hydrogen-bond acceptors (Lipinski definition) is 7. The lowest BCUT2D eigenvalue weighted by Gasteiger charge is -2.37. The van der Waals surface area contributed by atoms with Crippen molar-refractivity contribution in [2.45, 2.75) is 26.1 Å². The summed E-state index contributed by atoms with van der Waals surface area (Å²) in [5.74, 6) is -1.92. The van der Waals surface area contributed by atoms with Crippen LogP contribution in [0.1, 0.15) is 23.0 Å². The van der Waals surface area contributed by atoms with Gasteiger partial charge in [-0.2, -0.15) is 0 Å². The molecule has 0 aliphatic carbocycles. The maximum atomic E-state index is 12.2. The standard InChI is InChI=1S/C20H23N5O5/c1-13-16(22-30-21-13)11-23-6-8-24(9-7-23)19(20(28)29)15-10-25(12-18(26)27)17-5-3-2-4-14(15)17/h2-5,10,19H,6-9,11-12H2,1H3,(H,26,27)(H,28,29)/t19-/m0/s1. The van der Waals surface area contributed by atoms with Gasteiger partial charge in [-0.15, -0.1) is 0 Å². The maximum absolute atomic E-state index is 12.2. The molecule has 0 saturated carbocycles. The Hall–Kier alpha value is -3.24. The van der Waals surface area contributed by atoms with E-state index in [1.54, 1.807) is 10.8 Å². The van der Waals surface area contributed by atoms with Crippen LogP contribution in [0.25, 0.3) is 10.9 Å². The predicted octanol–water partition coefficient (Wildman–Crippen LogP) is 1.36. The second kappa shape index (κ2) is 8.25. The van der Waals surface area contributed by atoms with Crippen LogP contribution in [-0.4, -0.2) is 73.0 Å². The number of aliphatic carboxylic acids is 2. The van der Waals surface area contributed by atoms with Crippen molar-refractivity contribution in [2.24, 2.45) is 0 Å². The minimum Gasteiger partial charge on any atom is -0.480 e. The number of carboxylic acid groups (broad SMARTS) is 2. The van der Waals surface area contributed by atoms with E-state index in [0.717, 1.165) is 16.8 Å². The summed E-state index contributed by atoms with van der Waals surface area (Å²) < 4.78 is 6.34. The van der Waals surface area contributed by atoms with Crippen molar-refractivity contribution in [2.75, 3.05) is 26.2 Å². The maximum Gasteiger partial charge on any atom is 0.325 e. The van der Waals surface area contributed by atoms with Gasteiger partial charge in [0.05, 0.1) is 0 Å². The molecule has 0 radical (unpaired) electrons. The van der Waals surface area contributed by atoms with Crippen molar-refractivity contribution in [3.8, 4) is 0 Å². The van der Waals surface area contributed by atoms with Gasteiger partial charge in [-0.1, -0.05) is 28.5 Å². The molecule has 1 atom stereocenters. The van der Waals surface area contributed by atoms with Crippen LogP contribution in [0.3, 0.4) is 0 Å². The number of benzene rings is 1. The van der Waals surface area contributed by atoms with Gasteiger partial charge in [-0.25, -0.2) is 4.63 Å². The van der Waals surface area contributed by atoms with E-state index in [9.17, 15) is 19.8 Å². The van der Waals surface area contributed by atoms with Crippen molar-refractivity contribution in [3.05, 3.63) is 47.4 Å². The fourth-order valence-electron chi connectivity index (χ4n) is 4.04. The van der Waals surface area contributed by atoms with Gasteiger partial charge in [0.25, 0.3) is 0 Å². The average Bonchev–Trinajstić information content (AvgIpc) is 3.27. The Morgan fingerprint density at radius 3 is 2.50 bits per heavy atom. The van der Waals surface area contributed by atoms with Crippen LogP contribution in [0.5, 0.6) is 0 Å². The van der Waals surface area contributed by atoms with Gasteiger partial charge in [0.2, 0.25) is 0 Å². The summed E-state index contributed by atoms with van der Waals surface area (Å²) in [5.41, 5.74) is 2.88. The summed E-state index contributed by atoms with van der Waals surface area (Å²) >= 11 is 0. The summed E-state index contributed by atoms with van der Waals surface area (Å²) in [6.45, 7) is 4.74. The number of fused-ring (bicyclic) bond motifs is 1. The first-order valence-corrected chi connectivity index (χ1v) is 9.71. The molecule has 0 unspecified atom stereocenters. The minimum atomic E-state index is -0.972. The molecule has 1 fully saturated rings. The van der Waals surface area contributed by atoms with Crippen LogP contribution in [0.15, 0.2) is 35.1 Å². The van der Waals surface area contributed by atoms with Crippen LogP contribution < -0.4 is 0 Å². The third-order valence-electron chi connectivity index (χ3n) is 5.55. The number of piperazine rings is 1. The zero-order valence-electron chi connectivity index (χ0n) is 16.6. The first kappa shape index (κ1) is 20.0. The van der Waals surface area contributed by atoms with Gasteiger partial charge in [0.1, 0.15) is 24.0 Å². The van der Waals surface area contributed by atoms with Crippen LogP contribution in [-0.2, 0) is 22.7 Å². The van der Waals surface area contributed by atoms with E-state index in [2.05, 4.69) is 15.2 Å². The zero-order chi connectivity index (χ0) is 21.3. The number of hydrogen-bond donors (Lipinski definition) is 2. The van der Waals surface area contributed by atoms with Gasteiger partial charge in [0.15, 0.2) is 0 Å². The molecule has 10 heteroatoms. The molecule has 1 saturated heterocycles. The molecule has 0 spiro atoms. The third kappa shape index (κ3) is 3.91. The number of aromatic nitrogens is 3. The Balaban J connectivity index is 1.56. The number of aryl methyl sites for hydroxylation is 1. The van der Waals surface area contributed by atoms with Crippen molar-refractivity contribution >= 4 is 22.8 Å². The topological polar surface area (TPSA) is 125 Å². The van der Waals surface area contributed by atoms with Crippen molar-refractivity contribution in [1.29, 1.82) is 0 Å². The van der Waals surface area contributed by atoms with Crippen LogP contribution in [0, 0.1) is 6.92 Å². The largest absolute Gasteiger partial charge is 0.480 e.